The summed E-state index contributed by atoms with van der Waals surface area (Å²) < 4.78 is 76.6. The van der Waals surface area contributed by atoms with E-state index in [4.69, 9.17) is 16.4 Å². The first-order valence-corrected chi connectivity index (χ1v) is 10.4. The molecule has 0 fully saturated rings. The van der Waals surface area contributed by atoms with Gasteiger partial charge < -0.3 is 4.84 Å². The summed E-state index contributed by atoms with van der Waals surface area (Å²) >= 11 is 6.01. The lowest BCUT2D eigenvalue weighted by Gasteiger charge is -2.16. The van der Waals surface area contributed by atoms with E-state index in [2.05, 4.69) is 5.16 Å². The Morgan fingerprint density at radius 1 is 0.968 bits per heavy atom. The maximum atomic E-state index is 13.1. The van der Waals surface area contributed by atoms with E-state index >= 15 is 0 Å². The molecule has 0 atom stereocenters. The molecule has 0 aromatic heterocycles. The molecule has 11 heteroatoms. The van der Waals surface area contributed by atoms with Crippen molar-refractivity contribution in [1.29, 1.82) is 0 Å². The third kappa shape index (κ3) is 5.53. The van der Waals surface area contributed by atoms with Crippen molar-refractivity contribution in [3.8, 4) is 5.75 Å². The molecular formula is C20H13ClF4N2O3S. The van der Waals surface area contributed by atoms with Gasteiger partial charge in [0, 0.05) is 16.1 Å². The van der Waals surface area contributed by atoms with Crippen LogP contribution in [0.1, 0.15) is 11.1 Å². The predicted octanol–water partition coefficient (Wildman–Crippen LogP) is 5.57. The molecule has 3 aromatic carbocycles. The second-order valence-electron chi connectivity index (χ2n) is 6.09. The Bertz CT molecular complexity index is 1200. The molecule has 3 aromatic rings. The van der Waals surface area contributed by atoms with Gasteiger partial charge in [0.1, 0.15) is 11.5 Å². The summed E-state index contributed by atoms with van der Waals surface area (Å²) in [5.74, 6) is -0.354. The minimum Gasteiger partial charge on any atom is -0.356 e. The standard InChI is InChI=1S/C20H13ClF4N2O3S/c21-14-6-11-18(27-31(28,29)20(23,24)25)17(12-14)19(13-4-2-1-3-5-13)26-30-16-9-7-15(22)8-10-16/h1-12,27H. The summed E-state index contributed by atoms with van der Waals surface area (Å²) in [5.41, 5.74) is -5.61. The van der Waals surface area contributed by atoms with Gasteiger partial charge in [0.25, 0.3) is 0 Å². The first kappa shape index (κ1) is 22.6. The third-order valence-corrected chi connectivity index (χ3v) is 5.22. The minimum atomic E-state index is -5.70. The van der Waals surface area contributed by atoms with Crippen molar-refractivity contribution in [1.82, 2.24) is 0 Å². The zero-order chi connectivity index (χ0) is 22.6. The second kappa shape index (κ2) is 8.94. The van der Waals surface area contributed by atoms with Crippen LogP contribution in [0.2, 0.25) is 5.02 Å². The number of nitrogens with one attached hydrogen (secondary N) is 1. The van der Waals surface area contributed by atoms with Crippen LogP contribution in [-0.4, -0.2) is 19.6 Å². The quantitative estimate of drug-likeness (QED) is 0.289. The van der Waals surface area contributed by atoms with Gasteiger partial charge in [0.05, 0.1) is 5.69 Å². The van der Waals surface area contributed by atoms with Gasteiger partial charge in [-0.05, 0) is 42.5 Å². The zero-order valence-corrected chi connectivity index (χ0v) is 17.0. The molecule has 0 saturated heterocycles. The smallest absolute Gasteiger partial charge is 0.356 e. The Balaban J connectivity index is 2.12. The fraction of sp³-hybridized carbons (Fsp3) is 0.0500. The predicted molar refractivity (Wildman–Crippen MR) is 109 cm³/mol. The number of rotatable bonds is 6. The molecule has 0 unspecified atom stereocenters. The number of alkyl halides is 3. The number of benzene rings is 3. The number of anilines is 1. The van der Waals surface area contributed by atoms with Crippen LogP contribution in [0.25, 0.3) is 0 Å². The lowest BCUT2D eigenvalue weighted by atomic mass is 10.0. The fourth-order valence-corrected chi connectivity index (χ4v) is 3.21. The molecule has 162 valence electrons. The van der Waals surface area contributed by atoms with Crippen LogP contribution < -0.4 is 9.56 Å². The van der Waals surface area contributed by atoms with E-state index in [-0.39, 0.29) is 22.0 Å². The first-order chi connectivity index (χ1) is 14.6. The van der Waals surface area contributed by atoms with E-state index in [1.165, 1.54) is 29.0 Å². The summed E-state index contributed by atoms with van der Waals surface area (Å²) in [6, 6.07) is 16.6. The van der Waals surface area contributed by atoms with Crippen molar-refractivity contribution in [2.24, 2.45) is 5.16 Å². The van der Waals surface area contributed by atoms with Gasteiger partial charge in [-0.3, -0.25) is 4.72 Å². The van der Waals surface area contributed by atoms with Crippen LogP contribution in [0.5, 0.6) is 5.75 Å². The Labute approximate surface area is 180 Å². The normalized spacial score (nSPS) is 12.5. The van der Waals surface area contributed by atoms with Gasteiger partial charge in [-0.25, -0.2) is 4.39 Å². The lowest BCUT2D eigenvalue weighted by molar-refractivity contribution is -0.0429. The average Bonchev–Trinajstić information content (AvgIpc) is 2.71. The zero-order valence-electron chi connectivity index (χ0n) is 15.4. The summed E-state index contributed by atoms with van der Waals surface area (Å²) in [4.78, 5) is 5.30. The highest BCUT2D eigenvalue weighted by Crippen LogP contribution is 2.30. The van der Waals surface area contributed by atoms with E-state index in [1.807, 2.05) is 0 Å². The van der Waals surface area contributed by atoms with E-state index in [0.29, 0.717) is 5.56 Å². The molecule has 0 aliphatic rings. The molecule has 0 radical (unpaired) electrons. The Kier molecular flexibility index (Phi) is 6.51. The van der Waals surface area contributed by atoms with Gasteiger partial charge in [-0.15, -0.1) is 0 Å². The van der Waals surface area contributed by atoms with E-state index < -0.39 is 27.0 Å². The van der Waals surface area contributed by atoms with Crippen molar-refractivity contribution < 1.29 is 30.8 Å². The van der Waals surface area contributed by atoms with Crippen LogP contribution in [-0.2, 0) is 10.0 Å². The first-order valence-electron chi connectivity index (χ1n) is 8.52. The molecule has 0 aliphatic heterocycles. The average molecular weight is 473 g/mol. The molecular weight excluding hydrogens is 460 g/mol. The summed E-state index contributed by atoms with van der Waals surface area (Å²) in [7, 11) is -5.70. The number of hydrogen-bond acceptors (Lipinski definition) is 4. The van der Waals surface area contributed by atoms with Crippen molar-refractivity contribution in [2.45, 2.75) is 5.51 Å². The largest absolute Gasteiger partial charge is 0.516 e. The highest BCUT2D eigenvalue weighted by molar-refractivity contribution is 7.93. The SMILES string of the molecule is O=S(=O)(Nc1ccc(Cl)cc1C(=NOc1ccc(F)cc1)c1ccccc1)C(F)(F)F. The van der Waals surface area contributed by atoms with Gasteiger partial charge >= 0.3 is 15.5 Å². The molecule has 0 amide bonds. The van der Waals surface area contributed by atoms with Crippen LogP contribution in [0.15, 0.2) is 78.0 Å². The molecule has 0 spiro atoms. The monoisotopic (exact) mass is 472 g/mol. The van der Waals surface area contributed by atoms with Gasteiger partial charge in [0.15, 0.2) is 5.75 Å². The van der Waals surface area contributed by atoms with E-state index in [0.717, 1.165) is 18.2 Å². The fourth-order valence-electron chi connectivity index (χ4n) is 2.45. The van der Waals surface area contributed by atoms with Crippen LogP contribution in [0.3, 0.4) is 0 Å². The summed E-state index contributed by atoms with van der Waals surface area (Å²) in [6.45, 7) is 0. The second-order valence-corrected chi connectivity index (χ2v) is 8.20. The summed E-state index contributed by atoms with van der Waals surface area (Å²) in [6.07, 6.45) is 0. The summed E-state index contributed by atoms with van der Waals surface area (Å²) in [5, 5.41) is 4.10. The van der Waals surface area contributed by atoms with E-state index in [9.17, 15) is 26.0 Å². The molecule has 0 saturated carbocycles. The number of hydrogen-bond donors (Lipinski definition) is 1. The Morgan fingerprint density at radius 2 is 1.61 bits per heavy atom. The van der Waals surface area contributed by atoms with Gasteiger partial charge in [-0.1, -0.05) is 47.1 Å². The van der Waals surface area contributed by atoms with Gasteiger partial charge in [-0.2, -0.15) is 21.6 Å². The number of oxime groups is 1. The highest BCUT2D eigenvalue weighted by atomic mass is 35.5. The van der Waals surface area contributed by atoms with Gasteiger partial charge in [0.2, 0.25) is 0 Å². The third-order valence-electron chi connectivity index (χ3n) is 3.89. The molecule has 3 rings (SSSR count). The van der Waals surface area contributed by atoms with Crippen LogP contribution in [0.4, 0.5) is 23.2 Å². The Hall–Kier alpha value is -3.11. The van der Waals surface area contributed by atoms with Crippen molar-refractivity contribution in [3.05, 3.63) is 94.8 Å². The van der Waals surface area contributed by atoms with E-state index in [1.54, 1.807) is 30.3 Å². The maximum absolute atomic E-state index is 13.1. The topological polar surface area (TPSA) is 67.8 Å². The van der Waals surface area contributed by atoms with Crippen molar-refractivity contribution in [3.63, 3.8) is 0 Å². The molecule has 1 N–H and O–H groups in total. The van der Waals surface area contributed by atoms with Crippen molar-refractivity contribution in [2.75, 3.05) is 4.72 Å². The number of halogens is 5. The molecule has 0 heterocycles. The minimum absolute atomic E-state index is 0.00713. The molecule has 0 aliphatic carbocycles. The maximum Gasteiger partial charge on any atom is 0.516 e. The van der Waals surface area contributed by atoms with Crippen LogP contribution >= 0.6 is 11.6 Å². The number of sulfonamides is 1. The highest BCUT2D eigenvalue weighted by Gasteiger charge is 2.46. The molecule has 0 bridgehead atoms. The lowest BCUT2D eigenvalue weighted by Crippen LogP contribution is -2.30. The van der Waals surface area contributed by atoms with Crippen molar-refractivity contribution >= 4 is 33.0 Å². The van der Waals surface area contributed by atoms with Crippen LogP contribution in [0, 0.1) is 5.82 Å². The number of nitrogens with zero attached hydrogens (tertiary/aromatic N) is 1. The Morgan fingerprint density at radius 3 is 2.23 bits per heavy atom. The molecule has 31 heavy (non-hydrogen) atoms. The molecule has 5 nitrogen and oxygen atoms in total.